The Balaban J connectivity index is 1.64. The van der Waals surface area contributed by atoms with Gasteiger partial charge in [0, 0.05) is 47.0 Å². The van der Waals surface area contributed by atoms with Crippen molar-refractivity contribution in [2.45, 2.75) is 51.8 Å². The Labute approximate surface area is 205 Å². The Morgan fingerprint density at radius 1 is 1.15 bits per heavy atom. The second kappa shape index (κ2) is 9.09. The average Bonchev–Trinajstić information content (AvgIpc) is 3.49. The molecule has 5 nitrogen and oxygen atoms in total. The fraction of sp³-hybridized carbons (Fsp3) is 0.385. The van der Waals surface area contributed by atoms with E-state index in [0.717, 1.165) is 47.5 Å². The molecule has 2 aromatic heterocycles. The van der Waals surface area contributed by atoms with E-state index in [0.29, 0.717) is 0 Å². The first-order chi connectivity index (χ1) is 16.0. The summed E-state index contributed by atoms with van der Waals surface area (Å²) in [5.74, 6) is 0. The minimum absolute atomic E-state index is 0.0238. The van der Waals surface area contributed by atoms with Crippen molar-refractivity contribution in [3.63, 3.8) is 0 Å². The van der Waals surface area contributed by atoms with Crippen molar-refractivity contribution in [3.8, 4) is 5.69 Å². The summed E-state index contributed by atoms with van der Waals surface area (Å²) in [6.45, 7) is 8.18. The van der Waals surface area contributed by atoms with E-state index < -0.39 is 0 Å². The monoisotopic (exact) mass is 480 g/mol. The third kappa shape index (κ3) is 4.05. The molecule has 4 heterocycles. The average molecular weight is 481 g/mol. The number of nitrogens with one attached hydrogen (secondary N) is 1. The molecule has 0 radical (unpaired) electrons. The van der Waals surface area contributed by atoms with Gasteiger partial charge in [0.2, 0.25) is 0 Å². The highest BCUT2D eigenvalue weighted by atomic mass is 35.5. The molecule has 7 heteroatoms. The van der Waals surface area contributed by atoms with Gasteiger partial charge in [-0.15, -0.1) is 0 Å². The van der Waals surface area contributed by atoms with Gasteiger partial charge in [-0.3, -0.25) is 4.98 Å². The van der Waals surface area contributed by atoms with E-state index in [4.69, 9.17) is 33.5 Å². The molecule has 2 fully saturated rings. The largest absolute Gasteiger partial charge is 0.376 e. The first kappa shape index (κ1) is 22.4. The lowest BCUT2D eigenvalue weighted by Gasteiger charge is -2.30. The van der Waals surface area contributed by atoms with E-state index >= 15 is 0 Å². The molecule has 5 rings (SSSR count). The number of ether oxygens (including phenoxy) is 1. The van der Waals surface area contributed by atoms with E-state index in [-0.39, 0.29) is 18.2 Å². The Morgan fingerprint density at radius 2 is 2.00 bits per heavy atom. The zero-order chi connectivity index (χ0) is 23.1. The molecule has 0 spiro atoms. The number of rotatable bonds is 5. The predicted molar refractivity (Wildman–Crippen MR) is 136 cm³/mol. The summed E-state index contributed by atoms with van der Waals surface area (Å²) in [7, 11) is 0. The molecule has 0 saturated carbocycles. The summed E-state index contributed by atoms with van der Waals surface area (Å²) in [5.41, 5.74) is 7.02. The summed E-state index contributed by atoms with van der Waals surface area (Å²) < 4.78 is 8.30. The highest BCUT2D eigenvalue weighted by molar-refractivity contribution is 7.80. The third-order valence-corrected chi connectivity index (χ3v) is 7.58. The van der Waals surface area contributed by atoms with Crippen LogP contribution in [0.5, 0.6) is 0 Å². The highest BCUT2D eigenvalue weighted by Gasteiger charge is 2.43. The number of pyridine rings is 1. The predicted octanol–water partition coefficient (Wildman–Crippen LogP) is 5.60. The smallest absolute Gasteiger partial charge is 0.170 e. The number of benzene rings is 1. The summed E-state index contributed by atoms with van der Waals surface area (Å²) in [4.78, 5) is 7.01. The van der Waals surface area contributed by atoms with Crippen LogP contribution in [-0.4, -0.2) is 38.8 Å². The quantitative estimate of drug-likeness (QED) is 0.481. The third-order valence-electron chi connectivity index (χ3n) is 6.99. The van der Waals surface area contributed by atoms with Crippen LogP contribution in [-0.2, 0) is 4.74 Å². The van der Waals surface area contributed by atoms with Crippen LogP contribution in [0.2, 0.25) is 5.02 Å². The second-order valence-electron chi connectivity index (χ2n) is 8.94. The molecular weight excluding hydrogens is 452 g/mol. The van der Waals surface area contributed by atoms with Crippen LogP contribution in [0.15, 0.2) is 48.7 Å². The van der Waals surface area contributed by atoms with Crippen molar-refractivity contribution >= 4 is 28.9 Å². The molecule has 0 aliphatic carbocycles. The van der Waals surface area contributed by atoms with Crippen molar-refractivity contribution in [1.82, 2.24) is 19.8 Å². The minimum atomic E-state index is -0.0351. The van der Waals surface area contributed by atoms with Gasteiger partial charge in [0.05, 0.1) is 23.9 Å². The first-order valence-corrected chi connectivity index (χ1v) is 12.3. The van der Waals surface area contributed by atoms with E-state index in [1.54, 1.807) is 0 Å². The molecule has 0 unspecified atom stereocenters. The van der Waals surface area contributed by atoms with Crippen molar-refractivity contribution < 1.29 is 4.74 Å². The van der Waals surface area contributed by atoms with Crippen LogP contribution in [0.4, 0.5) is 0 Å². The molecule has 2 aliphatic heterocycles. The second-order valence-corrected chi connectivity index (χ2v) is 9.76. The highest BCUT2D eigenvalue weighted by Crippen LogP contribution is 2.43. The summed E-state index contributed by atoms with van der Waals surface area (Å²) in [6.07, 6.45) is 4.23. The fourth-order valence-electron chi connectivity index (χ4n) is 5.37. The number of aromatic nitrogens is 2. The van der Waals surface area contributed by atoms with Crippen molar-refractivity contribution in [2.75, 3.05) is 13.2 Å². The maximum atomic E-state index is 6.34. The first-order valence-electron chi connectivity index (χ1n) is 11.5. The zero-order valence-corrected chi connectivity index (χ0v) is 20.8. The summed E-state index contributed by atoms with van der Waals surface area (Å²) >= 11 is 12.2. The van der Waals surface area contributed by atoms with Gasteiger partial charge < -0.3 is 19.5 Å². The Kier molecular flexibility index (Phi) is 6.16. The normalized spacial score (nSPS) is 22.7. The number of nitrogens with zero attached hydrogens (tertiary/aromatic N) is 3. The number of hydrogen-bond donors (Lipinski definition) is 1. The van der Waals surface area contributed by atoms with Crippen molar-refractivity contribution in [2.24, 2.45) is 0 Å². The molecule has 3 aromatic rings. The molecule has 0 bridgehead atoms. The molecular formula is C26H29ClN4OS. The molecule has 2 aliphatic rings. The van der Waals surface area contributed by atoms with Gasteiger partial charge in [-0.05, 0) is 81.7 Å². The molecule has 0 amide bonds. The summed E-state index contributed by atoms with van der Waals surface area (Å²) in [6, 6.07) is 14.1. The van der Waals surface area contributed by atoms with E-state index in [2.05, 4.69) is 47.7 Å². The van der Waals surface area contributed by atoms with Gasteiger partial charge in [0.25, 0.3) is 0 Å². The standard InChI is InChI=1S/C26H29ClN4OS/c1-16-17(2)31(20-9-6-8-19(27)14-20)18(3)23(16)25-24(22-11-4-5-12-28-22)29-26(33)30(25)15-21-10-7-13-32-21/h4-6,8-9,11-12,14,21,24-25H,7,10,13,15H2,1-3H3,(H,29,33)/t21-,24+,25-/m0/s1. The van der Waals surface area contributed by atoms with Gasteiger partial charge in [-0.25, -0.2) is 0 Å². The topological polar surface area (TPSA) is 42.3 Å². The van der Waals surface area contributed by atoms with Crippen LogP contribution in [0.25, 0.3) is 5.69 Å². The van der Waals surface area contributed by atoms with Gasteiger partial charge in [0.15, 0.2) is 5.11 Å². The number of hydrogen-bond acceptors (Lipinski definition) is 3. The van der Waals surface area contributed by atoms with E-state index in [9.17, 15) is 0 Å². The zero-order valence-electron chi connectivity index (χ0n) is 19.2. The molecule has 1 aromatic carbocycles. The molecule has 1 N–H and O–H groups in total. The van der Waals surface area contributed by atoms with Gasteiger partial charge in [-0.1, -0.05) is 23.7 Å². The van der Waals surface area contributed by atoms with Crippen LogP contribution in [0.1, 0.15) is 53.1 Å². The Hall–Kier alpha value is -2.41. The Morgan fingerprint density at radius 3 is 2.70 bits per heavy atom. The lowest BCUT2D eigenvalue weighted by Crippen LogP contribution is -2.36. The lowest BCUT2D eigenvalue weighted by molar-refractivity contribution is 0.0841. The SMILES string of the molecule is Cc1c([C@H]2[C@@H](c3ccccn3)NC(=S)N2C[C@@H]2CCCO2)c(C)n(-c2cccc(Cl)c2)c1C. The van der Waals surface area contributed by atoms with Gasteiger partial charge >= 0.3 is 0 Å². The van der Waals surface area contributed by atoms with Gasteiger partial charge in [0.1, 0.15) is 0 Å². The van der Waals surface area contributed by atoms with Crippen LogP contribution in [0, 0.1) is 20.8 Å². The van der Waals surface area contributed by atoms with Gasteiger partial charge in [-0.2, -0.15) is 0 Å². The molecule has 2 saturated heterocycles. The van der Waals surface area contributed by atoms with Crippen LogP contribution < -0.4 is 5.32 Å². The van der Waals surface area contributed by atoms with Crippen molar-refractivity contribution in [3.05, 3.63) is 81.9 Å². The van der Waals surface area contributed by atoms with Crippen LogP contribution >= 0.6 is 23.8 Å². The molecule has 172 valence electrons. The van der Waals surface area contributed by atoms with Crippen LogP contribution in [0.3, 0.4) is 0 Å². The lowest BCUT2D eigenvalue weighted by atomic mass is 9.93. The fourth-order valence-corrected chi connectivity index (χ4v) is 5.87. The number of thiocarbonyl (C=S) groups is 1. The minimum Gasteiger partial charge on any atom is -0.376 e. The maximum absolute atomic E-state index is 6.34. The molecule has 3 atom stereocenters. The van der Waals surface area contributed by atoms with E-state index in [1.807, 2.05) is 36.5 Å². The molecule has 33 heavy (non-hydrogen) atoms. The summed E-state index contributed by atoms with van der Waals surface area (Å²) in [5, 5.41) is 5.08. The number of halogens is 1. The van der Waals surface area contributed by atoms with E-state index in [1.165, 1.54) is 22.5 Å². The maximum Gasteiger partial charge on any atom is 0.170 e. The Bertz CT molecular complexity index is 1170. The van der Waals surface area contributed by atoms with Crippen molar-refractivity contribution in [1.29, 1.82) is 0 Å².